The van der Waals surface area contributed by atoms with Crippen LogP contribution in [0.25, 0.3) is 32.5 Å². The van der Waals surface area contributed by atoms with E-state index in [0.717, 1.165) is 21.2 Å². The Kier molecular flexibility index (Phi) is 3.26. The average molecular weight is 361 g/mol. The number of hydrogen-bond donors (Lipinski definition) is 0. The van der Waals surface area contributed by atoms with Crippen molar-refractivity contribution in [1.29, 1.82) is 0 Å². The molecule has 120 valence electrons. The van der Waals surface area contributed by atoms with Crippen molar-refractivity contribution < 1.29 is 0 Å². The molecule has 5 aromatic rings. The largest absolute Gasteiger partial charge is 0.291 e. The Morgan fingerprint density at radius 3 is 2.72 bits per heavy atom. The molecule has 0 aliphatic rings. The zero-order valence-electron chi connectivity index (χ0n) is 12.9. The summed E-state index contributed by atoms with van der Waals surface area (Å²) in [4.78, 5) is 18.8. The number of thiophene rings is 1. The van der Waals surface area contributed by atoms with Crippen LogP contribution in [0.1, 0.15) is 5.56 Å². The molecule has 0 aliphatic heterocycles. The van der Waals surface area contributed by atoms with Crippen molar-refractivity contribution in [3.63, 3.8) is 0 Å². The van der Waals surface area contributed by atoms with E-state index in [1.807, 2.05) is 47.9 Å². The van der Waals surface area contributed by atoms with Crippen LogP contribution in [-0.4, -0.2) is 14.6 Å². The fraction of sp³-hybridized carbons (Fsp3) is 0. The van der Waals surface area contributed by atoms with E-state index < -0.39 is 0 Å². The summed E-state index contributed by atoms with van der Waals surface area (Å²) < 4.78 is 2.04. The van der Waals surface area contributed by atoms with Gasteiger partial charge >= 0.3 is 0 Å². The van der Waals surface area contributed by atoms with Gasteiger partial charge in [0.25, 0.3) is 5.56 Å². The minimum absolute atomic E-state index is 0.122. The van der Waals surface area contributed by atoms with Gasteiger partial charge < -0.3 is 0 Å². The normalized spacial score (nSPS) is 12.4. The number of thiazole rings is 1. The maximum absolute atomic E-state index is 12.7. The lowest BCUT2D eigenvalue weighted by molar-refractivity contribution is 0.938. The minimum atomic E-state index is -0.122. The number of rotatable bonds is 2. The van der Waals surface area contributed by atoms with E-state index in [2.05, 4.69) is 28.3 Å². The van der Waals surface area contributed by atoms with Gasteiger partial charge in [0.15, 0.2) is 5.82 Å². The van der Waals surface area contributed by atoms with E-state index in [1.54, 1.807) is 11.3 Å². The molecule has 0 aliphatic carbocycles. The van der Waals surface area contributed by atoms with Gasteiger partial charge in [0.2, 0.25) is 4.96 Å². The van der Waals surface area contributed by atoms with E-state index >= 15 is 0 Å². The quantitative estimate of drug-likeness (QED) is 0.483. The second-order valence-corrected chi connectivity index (χ2v) is 7.55. The molecule has 0 saturated carbocycles. The summed E-state index contributed by atoms with van der Waals surface area (Å²) in [6, 6.07) is 18.2. The Bertz CT molecular complexity index is 1310. The summed E-state index contributed by atoms with van der Waals surface area (Å²) in [7, 11) is 0. The van der Waals surface area contributed by atoms with Crippen LogP contribution in [0.15, 0.2) is 64.8 Å². The lowest BCUT2D eigenvalue weighted by Gasteiger charge is -2.00. The topological polar surface area (TPSA) is 47.3 Å². The molecule has 5 rings (SSSR count). The fourth-order valence-electron chi connectivity index (χ4n) is 2.86. The molecule has 4 nitrogen and oxygen atoms in total. The van der Waals surface area contributed by atoms with Gasteiger partial charge in [-0.15, -0.1) is 16.4 Å². The molecule has 0 spiro atoms. The summed E-state index contributed by atoms with van der Waals surface area (Å²) >= 11 is 2.94. The number of hydrogen-bond acceptors (Lipinski definition) is 5. The molecule has 0 amide bonds. The van der Waals surface area contributed by atoms with Gasteiger partial charge in [-0.3, -0.25) is 4.79 Å². The van der Waals surface area contributed by atoms with E-state index in [0.29, 0.717) is 15.3 Å². The summed E-state index contributed by atoms with van der Waals surface area (Å²) in [6.07, 6.45) is 1.93. The van der Waals surface area contributed by atoms with E-state index in [1.165, 1.54) is 15.9 Å². The molecule has 0 atom stereocenters. The summed E-state index contributed by atoms with van der Waals surface area (Å²) in [5, 5.41) is 8.63. The van der Waals surface area contributed by atoms with Crippen LogP contribution in [0.4, 0.5) is 0 Å². The smallest absolute Gasteiger partial charge is 0.266 e. The van der Waals surface area contributed by atoms with Crippen molar-refractivity contribution >= 4 is 44.5 Å². The zero-order chi connectivity index (χ0) is 16.8. The third kappa shape index (κ3) is 2.38. The molecule has 0 bridgehead atoms. The molecule has 2 aromatic carbocycles. The average Bonchev–Trinajstić information content (AvgIpc) is 3.34. The molecular formula is C19H11N3OS2. The maximum atomic E-state index is 12.7. The van der Waals surface area contributed by atoms with Crippen molar-refractivity contribution in [3.8, 4) is 10.7 Å². The van der Waals surface area contributed by atoms with Gasteiger partial charge in [-0.1, -0.05) is 59.9 Å². The number of aromatic nitrogens is 3. The van der Waals surface area contributed by atoms with Crippen molar-refractivity contribution in [2.24, 2.45) is 0 Å². The van der Waals surface area contributed by atoms with Crippen molar-refractivity contribution in [2.45, 2.75) is 0 Å². The van der Waals surface area contributed by atoms with Crippen molar-refractivity contribution in [1.82, 2.24) is 14.6 Å². The van der Waals surface area contributed by atoms with Crippen molar-refractivity contribution in [3.05, 3.63) is 80.4 Å². The summed E-state index contributed by atoms with van der Waals surface area (Å²) in [5.41, 5.74) is 0.904. The van der Waals surface area contributed by atoms with Gasteiger partial charge in [-0.25, -0.2) is 0 Å². The zero-order valence-corrected chi connectivity index (χ0v) is 14.6. The molecule has 0 N–H and O–H groups in total. The summed E-state index contributed by atoms with van der Waals surface area (Å²) in [6.45, 7) is 0. The second-order valence-electron chi connectivity index (χ2n) is 5.59. The number of fused-ring (bicyclic) bond motifs is 2. The van der Waals surface area contributed by atoms with Gasteiger partial charge in [0.1, 0.15) is 0 Å². The molecule has 3 aromatic heterocycles. The number of benzene rings is 2. The van der Waals surface area contributed by atoms with Crippen LogP contribution in [0, 0.1) is 0 Å². The van der Waals surface area contributed by atoms with Crippen LogP contribution in [-0.2, 0) is 0 Å². The first-order valence-corrected chi connectivity index (χ1v) is 9.42. The minimum Gasteiger partial charge on any atom is -0.266 e. The predicted molar refractivity (Wildman–Crippen MR) is 103 cm³/mol. The van der Waals surface area contributed by atoms with E-state index in [4.69, 9.17) is 0 Å². The van der Waals surface area contributed by atoms with Gasteiger partial charge in [0, 0.05) is 0 Å². The summed E-state index contributed by atoms with van der Waals surface area (Å²) in [5.74, 6) is 0.607. The predicted octanol–water partition coefficient (Wildman–Crippen LogP) is 3.58. The Balaban J connectivity index is 1.70. The number of nitrogens with zero attached hydrogens (tertiary/aromatic N) is 3. The standard InChI is InChI=1S/C19H11N3OS2/c23-18-16(11-13-7-3-6-12-5-1-2-8-14(12)13)25-19-20-17(21-22(18)19)15-9-4-10-24-15/h1-11H. The monoisotopic (exact) mass is 361 g/mol. The highest BCUT2D eigenvalue weighted by atomic mass is 32.1. The Hall–Kier alpha value is -2.83. The van der Waals surface area contributed by atoms with E-state index in [-0.39, 0.29) is 5.56 Å². The van der Waals surface area contributed by atoms with Gasteiger partial charge in [-0.2, -0.15) is 9.50 Å². The molecule has 0 unspecified atom stereocenters. The fourth-order valence-corrected chi connectivity index (χ4v) is 4.41. The Morgan fingerprint density at radius 2 is 1.88 bits per heavy atom. The molecule has 3 heterocycles. The lowest BCUT2D eigenvalue weighted by atomic mass is 10.0. The Labute approximate surface area is 150 Å². The van der Waals surface area contributed by atoms with Crippen LogP contribution in [0.2, 0.25) is 0 Å². The highest BCUT2D eigenvalue weighted by molar-refractivity contribution is 7.15. The van der Waals surface area contributed by atoms with Crippen LogP contribution >= 0.6 is 22.7 Å². The van der Waals surface area contributed by atoms with Crippen molar-refractivity contribution in [2.75, 3.05) is 0 Å². The highest BCUT2D eigenvalue weighted by Gasteiger charge is 2.12. The van der Waals surface area contributed by atoms with Crippen LogP contribution in [0.5, 0.6) is 0 Å². The Morgan fingerprint density at radius 1 is 1.00 bits per heavy atom. The molecule has 0 saturated heterocycles. The third-order valence-corrected chi connectivity index (χ3v) is 5.86. The lowest BCUT2D eigenvalue weighted by Crippen LogP contribution is -2.23. The molecule has 6 heteroatoms. The third-order valence-electron chi connectivity index (χ3n) is 4.03. The SMILES string of the molecule is O=c1c(=Cc2cccc3ccccc23)sc2nc(-c3cccs3)nn12. The molecule has 25 heavy (non-hydrogen) atoms. The van der Waals surface area contributed by atoms with Crippen LogP contribution < -0.4 is 10.1 Å². The first-order chi connectivity index (χ1) is 12.3. The first-order valence-electron chi connectivity index (χ1n) is 7.72. The molecular weight excluding hydrogens is 350 g/mol. The van der Waals surface area contributed by atoms with Gasteiger partial charge in [0.05, 0.1) is 9.41 Å². The first kappa shape index (κ1) is 14.5. The highest BCUT2D eigenvalue weighted by Crippen LogP contribution is 2.22. The van der Waals surface area contributed by atoms with E-state index in [9.17, 15) is 4.79 Å². The maximum Gasteiger partial charge on any atom is 0.291 e. The second kappa shape index (κ2) is 5.61. The van der Waals surface area contributed by atoms with Crippen LogP contribution in [0.3, 0.4) is 0 Å². The molecule has 0 radical (unpaired) electrons. The van der Waals surface area contributed by atoms with Gasteiger partial charge in [-0.05, 0) is 33.9 Å². The molecule has 0 fully saturated rings.